The lowest BCUT2D eigenvalue weighted by Crippen LogP contribution is -2.01. The summed E-state index contributed by atoms with van der Waals surface area (Å²) in [6.07, 6.45) is 0.469. The highest BCUT2D eigenvalue weighted by Crippen LogP contribution is 2.20. The summed E-state index contributed by atoms with van der Waals surface area (Å²) in [6, 6.07) is 4.86. The summed E-state index contributed by atoms with van der Waals surface area (Å²) >= 11 is 7.17. The second-order valence-corrected chi connectivity index (χ2v) is 3.89. The van der Waals surface area contributed by atoms with Gasteiger partial charge in [-0.05, 0) is 46.3 Å². The SMILES string of the molecule is N#Cc1c(I)ccc(C(=O)Cl)c1C=O. The summed E-state index contributed by atoms with van der Waals surface area (Å²) in [4.78, 5) is 21.6. The molecule has 0 atom stereocenters. The summed E-state index contributed by atoms with van der Waals surface area (Å²) in [6.45, 7) is 0. The summed E-state index contributed by atoms with van der Waals surface area (Å²) in [5.41, 5.74) is 0.310. The minimum atomic E-state index is -0.736. The van der Waals surface area contributed by atoms with Crippen molar-refractivity contribution < 1.29 is 9.59 Å². The third-order valence-corrected chi connectivity index (χ3v) is 2.74. The maximum absolute atomic E-state index is 10.9. The lowest BCUT2D eigenvalue weighted by Gasteiger charge is -2.02. The predicted molar refractivity (Wildman–Crippen MR) is 59.4 cm³/mol. The molecule has 0 bridgehead atoms. The van der Waals surface area contributed by atoms with Crippen LogP contribution >= 0.6 is 34.2 Å². The Morgan fingerprint density at radius 2 is 2.21 bits per heavy atom. The topological polar surface area (TPSA) is 57.9 Å². The molecular weight excluding hydrogens is 316 g/mol. The molecule has 1 aromatic carbocycles. The number of benzene rings is 1. The maximum Gasteiger partial charge on any atom is 0.253 e. The van der Waals surface area contributed by atoms with Crippen LogP contribution in [-0.2, 0) is 0 Å². The number of carbonyl (C=O) groups is 2. The van der Waals surface area contributed by atoms with E-state index in [1.165, 1.54) is 6.07 Å². The quantitative estimate of drug-likeness (QED) is 0.478. The molecule has 0 N–H and O–H groups in total. The molecule has 0 aromatic heterocycles. The molecule has 0 aliphatic heterocycles. The molecule has 0 amide bonds. The first-order valence-corrected chi connectivity index (χ1v) is 4.95. The molecule has 0 spiro atoms. The first kappa shape index (κ1) is 11.1. The van der Waals surface area contributed by atoms with Gasteiger partial charge in [0, 0.05) is 14.7 Å². The fourth-order valence-corrected chi connectivity index (χ4v) is 1.76. The molecule has 3 nitrogen and oxygen atoms in total. The van der Waals surface area contributed by atoms with Crippen LogP contribution in [-0.4, -0.2) is 11.5 Å². The Hall–Kier alpha value is -0.930. The molecule has 1 aromatic rings. The minimum absolute atomic E-state index is 0.0550. The van der Waals surface area contributed by atoms with Gasteiger partial charge in [0.05, 0.1) is 5.56 Å². The van der Waals surface area contributed by atoms with E-state index in [9.17, 15) is 9.59 Å². The van der Waals surface area contributed by atoms with Crippen molar-refractivity contribution in [3.8, 4) is 6.07 Å². The second-order valence-electron chi connectivity index (χ2n) is 2.39. The Balaban J connectivity index is 3.58. The van der Waals surface area contributed by atoms with Gasteiger partial charge in [-0.25, -0.2) is 0 Å². The van der Waals surface area contributed by atoms with Crippen molar-refractivity contribution in [2.75, 3.05) is 0 Å². The lowest BCUT2D eigenvalue weighted by molar-refractivity contribution is 0.106. The number of rotatable bonds is 2. The van der Waals surface area contributed by atoms with E-state index in [0.29, 0.717) is 9.86 Å². The molecule has 0 fully saturated rings. The van der Waals surface area contributed by atoms with Crippen molar-refractivity contribution >= 4 is 45.7 Å². The summed E-state index contributed by atoms with van der Waals surface area (Å²) < 4.78 is 0.619. The molecule has 0 heterocycles. The highest BCUT2D eigenvalue weighted by atomic mass is 127. The smallest absolute Gasteiger partial charge is 0.253 e. The van der Waals surface area contributed by atoms with E-state index in [2.05, 4.69) is 0 Å². The van der Waals surface area contributed by atoms with Gasteiger partial charge >= 0.3 is 0 Å². The molecule has 0 saturated carbocycles. The van der Waals surface area contributed by atoms with Crippen LogP contribution in [0.1, 0.15) is 26.3 Å². The molecule has 0 radical (unpaired) electrons. The van der Waals surface area contributed by atoms with E-state index in [0.717, 1.165) is 0 Å². The van der Waals surface area contributed by atoms with Crippen LogP contribution in [0.3, 0.4) is 0 Å². The van der Waals surface area contributed by atoms with E-state index in [-0.39, 0.29) is 16.7 Å². The Morgan fingerprint density at radius 1 is 1.57 bits per heavy atom. The molecule has 0 aliphatic carbocycles. The summed E-state index contributed by atoms with van der Waals surface area (Å²) in [5, 5.41) is 8.03. The molecule has 0 unspecified atom stereocenters. The van der Waals surface area contributed by atoms with Gasteiger partial charge in [-0.3, -0.25) is 9.59 Å². The van der Waals surface area contributed by atoms with E-state index < -0.39 is 5.24 Å². The number of carbonyl (C=O) groups excluding carboxylic acids is 2. The number of hydrogen-bond acceptors (Lipinski definition) is 3. The zero-order valence-corrected chi connectivity index (χ0v) is 9.67. The monoisotopic (exact) mass is 319 g/mol. The highest BCUT2D eigenvalue weighted by molar-refractivity contribution is 14.1. The zero-order valence-electron chi connectivity index (χ0n) is 6.75. The second kappa shape index (κ2) is 4.53. The number of halogens is 2. The largest absolute Gasteiger partial charge is 0.298 e. The normalized spacial score (nSPS) is 9.21. The Morgan fingerprint density at radius 3 is 2.64 bits per heavy atom. The van der Waals surface area contributed by atoms with Crippen molar-refractivity contribution in [2.24, 2.45) is 0 Å². The Kier molecular flexibility index (Phi) is 3.61. The fourth-order valence-electron chi connectivity index (χ4n) is 1.00. The molecule has 5 heteroatoms. The lowest BCUT2D eigenvalue weighted by atomic mass is 10.0. The van der Waals surface area contributed by atoms with Gasteiger partial charge in [0.2, 0.25) is 0 Å². The van der Waals surface area contributed by atoms with Gasteiger partial charge in [-0.1, -0.05) is 0 Å². The van der Waals surface area contributed by atoms with Crippen LogP contribution < -0.4 is 0 Å². The molecular formula is C9H3ClINO2. The van der Waals surface area contributed by atoms with E-state index in [1.807, 2.05) is 28.7 Å². The van der Waals surface area contributed by atoms with Crippen molar-refractivity contribution in [1.29, 1.82) is 5.26 Å². The summed E-state index contributed by atoms with van der Waals surface area (Å²) in [7, 11) is 0. The number of aldehydes is 1. The van der Waals surface area contributed by atoms with Gasteiger partial charge in [-0.2, -0.15) is 5.26 Å². The third kappa shape index (κ3) is 1.94. The standard InChI is InChI=1S/C9H3ClINO2/c10-9(14)5-1-2-8(11)6(3-12)7(5)4-13/h1-2,4H. The number of hydrogen-bond donors (Lipinski definition) is 0. The summed E-state index contributed by atoms with van der Waals surface area (Å²) in [5.74, 6) is 0. The van der Waals surface area contributed by atoms with Crippen LogP contribution in [0.5, 0.6) is 0 Å². The molecule has 14 heavy (non-hydrogen) atoms. The van der Waals surface area contributed by atoms with E-state index in [4.69, 9.17) is 16.9 Å². The minimum Gasteiger partial charge on any atom is -0.298 e. The average molecular weight is 319 g/mol. The van der Waals surface area contributed by atoms with E-state index in [1.54, 1.807) is 6.07 Å². The van der Waals surface area contributed by atoms with Gasteiger partial charge in [0.25, 0.3) is 5.24 Å². The molecule has 0 aliphatic rings. The number of nitriles is 1. The highest BCUT2D eigenvalue weighted by Gasteiger charge is 2.14. The zero-order chi connectivity index (χ0) is 10.7. The van der Waals surface area contributed by atoms with Crippen molar-refractivity contribution in [3.05, 3.63) is 32.4 Å². The van der Waals surface area contributed by atoms with Gasteiger partial charge in [-0.15, -0.1) is 0 Å². The van der Waals surface area contributed by atoms with E-state index >= 15 is 0 Å². The fraction of sp³-hybridized carbons (Fsp3) is 0. The van der Waals surface area contributed by atoms with Crippen LogP contribution in [0, 0.1) is 14.9 Å². The first-order chi connectivity index (χ1) is 6.61. The number of nitrogens with zero attached hydrogens (tertiary/aromatic N) is 1. The van der Waals surface area contributed by atoms with Gasteiger partial charge in [0.1, 0.15) is 6.07 Å². The Bertz CT molecular complexity index is 451. The van der Waals surface area contributed by atoms with Crippen LogP contribution in [0.4, 0.5) is 0 Å². The van der Waals surface area contributed by atoms with Crippen LogP contribution in [0.2, 0.25) is 0 Å². The Labute approximate surface area is 98.8 Å². The van der Waals surface area contributed by atoms with Gasteiger partial charge in [0.15, 0.2) is 6.29 Å². The third-order valence-electron chi connectivity index (χ3n) is 1.64. The molecule has 1 rings (SSSR count). The first-order valence-electron chi connectivity index (χ1n) is 3.49. The predicted octanol–water partition coefficient (Wildman–Crippen LogP) is 2.35. The van der Waals surface area contributed by atoms with Crippen LogP contribution in [0.25, 0.3) is 0 Å². The average Bonchev–Trinajstić information content (AvgIpc) is 2.16. The molecule has 70 valence electrons. The molecule has 0 saturated heterocycles. The van der Waals surface area contributed by atoms with Gasteiger partial charge < -0.3 is 0 Å². The maximum atomic E-state index is 10.9. The van der Waals surface area contributed by atoms with Crippen molar-refractivity contribution in [1.82, 2.24) is 0 Å². The van der Waals surface area contributed by atoms with Crippen LogP contribution in [0.15, 0.2) is 12.1 Å². The van der Waals surface area contributed by atoms with Crippen molar-refractivity contribution in [2.45, 2.75) is 0 Å². The van der Waals surface area contributed by atoms with Crippen molar-refractivity contribution in [3.63, 3.8) is 0 Å².